The fourth-order valence-corrected chi connectivity index (χ4v) is 5.20. The lowest BCUT2D eigenvalue weighted by molar-refractivity contribution is -0.154. The summed E-state index contributed by atoms with van der Waals surface area (Å²) in [4.78, 5) is 56.8. The average Bonchev–Trinajstić information content (AvgIpc) is 3.44. The Morgan fingerprint density at radius 2 is 1.57 bits per heavy atom. The van der Waals surface area contributed by atoms with Gasteiger partial charge in [-0.2, -0.15) is 0 Å². The van der Waals surface area contributed by atoms with Gasteiger partial charge in [-0.15, -0.1) is 0 Å². The predicted molar refractivity (Wildman–Crippen MR) is 165 cm³/mol. The highest BCUT2D eigenvalue weighted by molar-refractivity contribution is 5.89. The molecular formula is C31H60N4O7. The Bertz CT molecular complexity index is 851. The highest BCUT2D eigenvalue weighted by atomic mass is 16.5. The van der Waals surface area contributed by atoms with Crippen molar-refractivity contribution in [3.05, 3.63) is 0 Å². The molecule has 1 aliphatic rings. The molecule has 11 heteroatoms. The number of likely N-dealkylation sites (tertiary alicyclic amines) is 1. The van der Waals surface area contributed by atoms with Crippen LogP contribution in [-0.4, -0.2) is 124 Å². The number of methoxy groups -OCH3 is 3. The molecule has 0 bridgehead atoms. The molecule has 11 nitrogen and oxygen atoms in total. The van der Waals surface area contributed by atoms with Crippen LogP contribution < -0.4 is 5.32 Å². The van der Waals surface area contributed by atoms with Crippen molar-refractivity contribution in [2.45, 2.75) is 110 Å². The van der Waals surface area contributed by atoms with Gasteiger partial charge in [0.2, 0.25) is 17.7 Å². The van der Waals surface area contributed by atoms with E-state index in [1.165, 1.54) is 13.5 Å². The van der Waals surface area contributed by atoms with Crippen LogP contribution in [-0.2, 0) is 33.4 Å². The standard InChI is InChI=1S/C28H52N4O7.C3H8/c1-12-18(2)24(31(8)23(34)17-29-27(36)28(4,5)30(6)7)21(37-9)16-22(33)32-15-13-14-20(32)25(38-10)19(3)26(35)39-11;1-3-2/h18-21,24-25H,12-17H2,1-11H3,(H,29,36);3H2,1-2H3. The maximum Gasteiger partial charge on any atom is 0.311 e. The Morgan fingerprint density at radius 3 is 2.02 bits per heavy atom. The molecule has 0 saturated carbocycles. The Hall–Kier alpha value is -2.24. The fraction of sp³-hybridized carbons (Fsp3) is 0.871. The molecule has 1 rings (SSSR count). The van der Waals surface area contributed by atoms with Gasteiger partial charge in [-0.05, 0) is 53.6 Å². The number of carbonyl (C=O) groups excluding carboxylic acids is 4. The van der Waals surface area contributed by atoms with E-state index in [-0.39, 0.29) is 54.7 Å². The summed E-state index contributed by atoms with van der Waals surface area (Å²) in [6.45, 7) is 14.0. The zero-order valence-corrected chi connectivity index (χ0v) is 28.6. The highest BCUT2D eigenvalue weighted by Gasteiger charge is 2.42. The average molecular weight is 601 g/mol. The van der Waals surface area contributed by atoms with E-state index in [9.17, 15) is 19.2 Å². The molecule has 1 fully saturated rings. The zero-order chi connectivity index (χ0) is 32.8. The van der Waals surface area contributed by atoms with E-state index in [1.807, 2.05) is 27.9 Å². The van der Waals surface area contributed by atoms with Gasteiger partial charge in [0.05, 0.1) is 55.8 Å². The van der Waals surface area contributed by atoms with Gasteiger partial charge >= 0.3 is 5.97 Å². The molecule has 246 valence electrons. The Kier molecular flexibility index (Phi) is 18.1. The third-order valence-corrected chi connectivity index (χ3v) is 8.54. The predicted octanol–water partition coefficient (Wildman–Crippen LogP) is 2.95. The maximum atomic E-state index is 13.6. The summed E-state index contributed by atoms with van der Waals surface area (Å²) in [5, 5.41) is 2.75. The van der Waals surface area contributed by atoms with E-state index in [4.69, 9.17) is 14.2 Å². The van der Waals surface area contributed by atoms with Crippen LogP contribution in [0.3, 0.4) is 0 Å². The lowest BCUT2D eigenvalue weighted by atomic mass is 9.90. The Morgan fingerprint density at radius 1 is 1.00 bits per heavy atom. The second-order valence-corrected chi connectivity index (χ2v) is 12.0. The van der Waals surface area contributed by atoms with Crippen molar-refractivity contribution in [1.29, 1.82) is 0 Å². The minimum Gasteiger partial charge on any atom is -0.469 e. The number of nitrogens with zero attached hydrogens (tertiary/aromatic N) is 3. The topological polar surface area (TPSA) is 118 Å². The van der Waals surface area contributed by atoms with Crippen LogP contribution in [0.2, 0.25) is 0 Å². The zero-order valence-electron chi connectivity index (χ0n) is 28.6. The van der Waals surface area contributed by atoms with Gasteiger partial charge in [0, 0.05) is 27.8 Å². The first-order chi connectivity index (χ1) is 19.6. The number of hydrogen-bond acceptors (Lipinski definition) is 8. The molecule has 0 radical (unpaired) electrons. The van der Waals surface area contributed by atoms with Gasteiger partial charge in [0.15, 0.2) is 0 Å². The molecule has 1 aliphatic heterocycles. The monoisotopic (exact) mass is 600 g/mol. The second kappa shape index (κ2) is 19.1. The second-order valence-electron chi connectivity index (χ2n) is 12.0. The molecule has 3 amide bonds. The number of ether oxygens (including phenoxy) is 3. The van der Waals surface area contributed by atoms with E-state index >= 15 is 0 Å². The van der Waals surface area contributed by atoms with E-state index < -0.39 is 23.7 Å². The van der Waals surface area contributed by atoms with Crippen LogP contribution in [0.25, 0.3) is 0 Å². The van der Waals surface area contributed by atoms with Crippen molar-refractivity contribution in [1.82, 2.24) is 20.0 Å². The summed E-state index contributed by atoms with van der Waals surface area (Å²) in [5.41, 5.74) is -0.770. The first-order valence-corrected chi connectivity index (χ1v) is 15.2. The van der Waals surface area contributed by atoms with Crippen LogP contribution >= 0.6 is 0 Å². The van der Waals surface area contributed by atoms with Gasteiger partial charge in [-0.3, -0.25) is 24.1 Å². The number of likely N-dealkylation sites (N-methyl/N-ethyl adjacent to an activating group) is 2. The number of esters is 1. The lowest BCUT2D eigenvalue weighted by Crippen LogP contribution is -2.56. The van der Waals surface area contributed by atoms with Gasteiger partial charge in [0.1, 0.15) is 0 Å². The number of amides is 3. The molecular weight excluding hydrogens is 540 g/mol. The van der Waals surface area contributed by atoms with Crippen molar-refractivity contribution >= 4 is 23.7 Å². The molecule has 6 unspecified atom stereocenters. The van der Waals surface area contributed by atoms with Gasteiger partial charge in [-0.25, -0.2) is 0 Å². The van der Waals surface area contributed by atoms with Crippen LogP contribution in [0.1, 0.15) is 80.6 Å². The van der Waals surface area contributed by atoms with Crippen molar-refractivity contribution in [3.63, 3.8) is 0 Å². The van der Waals surface area contributed by atoms with Crippen molar-refractivity contribution in [2.75, 3.05) is 55.6 Å². The molecule has 1 N–H and O–H groups in total. The largest absolute Gasteiger partial charge is 0.469 e. The number of carbonyl (C=O) groups is 4. The normalized spacial score (nSPS) is 18.7. The van der Waals surface area contributed by atoms with Crippen molar-refractivity contribution < 1.29 is 33.4 Å². The molecule has 1 saturated heterocycles. The Labute approximate surface area is 255 Å². The third-order valence-electron chi connectivity index (χ3n) is 8.54. The summed E-state index contributed by atoms with van der Waals surface area (Å²) in [7, 11) is 9.74. The first kappa shape index (κ1) is 39.8. The smallest absolute Gasteiger partial charge is 0.311 e. The van der Waals surface area contributed by atoms with E-state index in [2.05, 4.69) is 19.2 Å². The number of hydrogen-bond donors (Lipinski definition) is 1. The van der Waals surface area contributed by atoms with E-state index in [0.29, 0.717) is 6.54 Å². The van der Waals surface area contributed by atoms with Gasteiger partial charge in [-0.1, -0.05) is 40.5 Å². The maximum absolute atomic E-state index is 13.6. The quantitative estimate of drug-likeness (QED) is 0.285. The molecule has 0 aliphatic carbocycles. The fourth-order valence-electron chi connectivity index (χ4n) is 5.20. The minimum absolute atomic E-state index is 0.0334. The first-order valence-electron chi connectivity index (χ1n) is 15.2. The Balaban J connectivity index is 0.00000535. The van der Waals surface area contributed by atoms with Crippen LogP contribution in [0.15, 0.2) is 0 Å². The number of rotatable bonds is 15. The molecule has 0 aromatic rings. The van der Waals surface area contributed by atoms with E-state index in [0.717, 1.165) is 19.3 Å². The molecule has 0 spiro atoms. The van der Waals surface area contributed by atoms with Crippen LogP contribution in [0.5, 0.6) is 0 Å². The molecule has 6 atom stereocenters. The van der Waals surface area contributed by atoms with Gasteiger partial charge < -0.3 is 29.3 Å². The summed E-state index contributed by atoms with van der Waals surface area (Å²) >= 11 is 0. The summed E-state index contributed by atoms with van der Waals surface area (Å²) < 4.78 is 16.4. The summed E-state index contributed by atoms with van der Waals surface area (Å²) in [6, 6.07) is -0.644. The molecule has 0 aromatic heterocycles. The third kappa shape index (κ3) is 10.8. The molecule has 1 heterocycles. The van der Waals surface area contributed by atoms with Crippen LogP contribution in [0, 0.1) is 11.8 Å². The SMILES string of the molecule is CCC.CCC(C)C(C(CC(=O)N1CCCC1C(OC)C(C)C(=O)OC)OC)N(C)C(=O)CNC(=O)C(C)(C)N(C)C. The van der Waals surface area contributed by atoms with E-state index in [1.54, 1.807) is 56.7 Å². The minimum atomic E-state index is -0.770. The summed E-state index contributed by atoms with van der Waals surface area (Å²) in [6.07, 6.45) is 2.57. The van der Waals surface area contributed by atoms with Crippen molar-refractivity contribution in [3.8, 4) is 0 Å². The lowest BCUT2D eigenvalue weighted by Gasteiger charge is -2.39. The number of nitrogens with one attached hydrogen (secondary N) is 1. The molecule has 42 heavy (non-hydrogen) atoms. The molecule has 0 aromatic carbocycles. The van der Waals surface area contributed by atoms with Gasteiger partial charge in [0.25, 0.3) is 0 Å². The summed E-state index contributed by atoms with van der Waals surface area (Å²) in [5.74, 6) is -1.50. The van der Waals surface area contributed by atoms with Crippen LogP contribution in [0.4, 0.5) is 0 Å². The highest BCUT2D eigenvalue weighted by Crippen LogP contribution is 2.29. The van der Waals surface area contributed by atoms with Crippen molar-refractivity contribution in [2.24, 2.45) is 11.8 Å².